The monoisotopic (exact) mass is 549 g/mol. The third-order valence-electron chi connectivity index (χ3n) is 8.68. The number of rotatable bonds is 4. The lowest BCUT2D eigenvalue weighted by Gasteiger charge is -2.27. The number of benzene rings is 7. The van der Waals surface area contributed by atoms with Gasteiger partial charge in [0.25, 0.3) is 0 Å². The minimum absolute atomic E-state index is 1.11. The van der Waals surface area contributed by atoms with Crippen molar-refractivity contribution in [2.75, 3.05) is 4.90 Å². The molecule has 0 aliphatic rings. The fourth-order valence-electron chi connectivity index (χ4n) is 6.63. The molecule has 0 spiro atoms. The van der Waals surface area contributed by atoms with Crippen LogP contribution in [0.1, 0.15) is 0 Å². The first-order valence-electron chi connectivity index (χ1n) is 14.7. The van der Waals surface area contributed by atoms with E-state index in [4.69, 9.17) is 0 Å². The van der Waals surface area contributed by atoms with Crippen LogP contribution in [0.3, 0.4) is 0 Å². The van der Waals surface area contributed by atoms with Crippen LogP contribution in [0.15, 0.2) is 158 Å². The molecule has 0 atom stereocenters. The molecular weight excluding hydrogens is 522 g/mol. The molecule has 0 fully saturated rings. The molecule has 9 rings (SSSR count). The zero-order valence-corrected chi connectivity index (χ0v) is 23.4. The van der Waals surface area contributed by atoms with Crippen LogP contribution < -0.4 is 4.90 Å². The standard InChI is InChI=1S/C40H27N3/c1-2-11-29-23-33(20-19-27(29)9-1)43(39-18-7-12-28-10-3-4-15-34(28)39)32-14-8-13-31(25-32)42-22-21-30-24-38-36(26-40(30)42)35-16-5-6-17-37(35)41-38/h1-26,41H. The maximum atomic E-state index is 3.59. The second kappa shape index (κ2) is 9.37. The molecule has 2 heterocycles. The quantitative estimate of drug-likeness (QED) is 0.232. The van der Waals surface area contributed by atoms with Gasteiger partial charge in [0.1, 0.15) is 0 Å². The van der Waals surface area contributed by atoms with Crippen LogP contribution in [0.2, 0.25) is 0 Å². The lowest BCUT2D eigenvalue weighted by molar-refractivity contribution is 1.12. The van der Waals surface area contributed by atoms with Gasteiger partial charge in [0, 0.05) is 55.8 Å². The van der Waals surface area contributed by atoms with Gasteiger partial charge in [-0.05, 0) is 76.8 Å². The van der Waals surface area contributed by atoms with Gasteiger partial charge in [0.2, 0.25) is 0 Å². The molecule has 0 aliphatic heterocycles. The minimum atomic E-state index is 1.11. The zero-order valence-electron chi connectivity index (χ0n) is 23.4. The number of hydrogen-bond donors (Lipinski definition) is 1. The normalized spacial score (nSPS) is 11.7. The van der Waals surface area contributed by atoms with Gasteiger partial charge in [-0.1, -0.05) is 91.0 Å². The van der Waals surface area contributed by atoms with Gasteiger partial charge in [-0.3, -0.25) is 0 Å². The van der Waals surface area contributed by atoms with Gasteiger partial charge in [0.05, 0.1) is 11.2 Å². The summed E-state index contributed by atoms with van der Waals surface area (Å²) in [7, 11) is 0. The van der Waals surface area contributed by atoms with E-state index >= 15 is 0 Å². The number of para-hydroxylation sites is 1. The zero-order chi connectivity index (χ0) is 28.3. The summed E-state index contributed by atoms with van der Waals surface area (Å²) in [4.78, 5) is 5.98. The Morgan fingerprint density at radius 1 is 0.442 bits per heavy atom. The van der Waals surface area contributed by atoms with Crippen molar-refractivity contribution < 1.29 is 0 Å². The van der Waals surface area contributed by atoms with Crippen molar-refractivity contribution in [2.45, 2.75) is 0 Å². The molecule has 202 valence electrons. The third-order valence-corrected chi connectivity index (χ3v) is 8.68. The molecule has 9 aromatic rings. The average Bonchev–Trinajstić information content (AvgIpc) is 3.65. The highest BCUT2D eigenvalue weighted by Crippen LogP contribution is 2.41. The van der Waals surface area contributed by atoms with Gasteiger partial charge in [0.15, 0.2) is 0 Å². The maximum Gasteiger partial charge on any atom is 0.0540 e. The number of H-pyrrole nitrogens is 1. The van der Waals surface area contributed by atoms with E-state index in [1.165, 1.54) is 54.3 Å². The van der Waals surface area contributed by atoms with Crippen LogP contribution in [0.5, 0.6) is 0 Å². The van der Waals surface area contributed by atoms with E-state index in [9.17, 15) is 0 Å². The van der Waals surface area contributed by atoms with Crippen LogP contribution >= 0.6 is 0 Å². The summed E-state index contributed by atoms with van der Waals surface area (Å²) in [5.74, 6) is 0. The highest BCUT2D eigenvalue weighted by Gasteiger charge is 2.17. The summed E-state index contributed by atoms with van der Waals surface area (Å²) in [6.45, 7) is 0. The Labute approximate surface area is 248 Å². The molecule has 0 saturated heterocycles. The second-order valence-corrected chi connectivity index (χ2v) is 11.2. The number of hydrogen-bond acceptors (Lipinski definition) is 1. The lowest BCUT2D eigenvalue weighted by atomic mass is 10.0. The summed E-state index contributed by atoms with van der Waals surface area (Å²) in [5.41, 5.74) is 8.04. The van der Waals surface area contributed by atoms with E-state index in [-0.39, 0.29) is 0 Å². The van der Waals surface area contributed by atoms with Gasteiger partial charge in [-0.2, -0.15) is 0 Å². The highest BCUT2D eigenvalue weighted by molar-refractivity contribution is 6.11. The topological polar surface area (TPSA) is 24.0 Å². The Bertz CT molecular complexity index is 2470. The fraction of sp³-hybridized carbons (Fsp3) is 0. The smallest absolute Gasteiger partial charge is 0.0540 e. The van der Waals surface area contributed by atoms with Gasteiger partial charge in [-0.25, -0.2) is 0 Å². The first-order valence-corrected chi connectivity index (χ1v) is 14.7. The number of aromatic amines is 1. The SMILES string of the molecule is c1cc(N(c2ccc3ccccc3c2)c2cccc3ccccc23)cc(-n2ccc3cc4[nH]c5ccccc5c4cc32)c1. The maximum absolute atomic E-state index is 3.59. The molecule has 43 heavy (non-hydrogen) atoms. The Balaban J connectivity index is 1.25. The van der Waals surface area contributed by atoms with E-state index in [1.54, 1.807) is 0 Å². The van der Waals surface area contributed by atoms with E-state index in [0.717, 1.165) is 22.7 Å². The summed E-state index contributed by atoms with van der Waals surface area (Å²) in [6.07, 6.45) is 2.18. The predicted molar refractivity (Wildman–Crippen MR) is 182 cm³/mol. The summed E-state index contributed by atoms with van der Waals surface area (Å²) in [6, 6.07) is 54.7. The lowest BCUT2D eigenvalue weighted by Crippen LogP contribution is -2.11. The van der Waals surface area contributed by atoms with E-state index in [2.05, 4.69) is 172 Å². The third kappa shape index (κ3) is 3.83. The summed E-state index contributed by atoms with van der Waals surface area (Å²) >= 11 is 0. The largest absolute Gasteiger partial charge is 0.354 e. The molecule has 0 bridgehead atoms. The first kappa shape index (κ1) is 23.9. The second-order valence-electron chi connectivity index (χ2n) is 11.2. The van der Waals surface area contributed by atoms with Gasteiger partial charge >= 0.3 is 0 Å². The van der Waals surface area contributed by atoms with Crippen molar-refractivity contribution in [1.82, 2.24) is 9.55 Å². The molecule has 1 N–H and O–H groups in total. The Kier molecular flexibility index (Phi) is 5.20. The van der Waals surface area contributed by atoms with Crippen LogP contribution in [0.4, 0.5) is 17.1 Å². The average molecular weight is 550 g/mol. The molecule has 2 aromatic heterocycles. The number of aromatic nitrogens is 2. The van der Waals surface area contributed by atoms with Gasteiger partial charge < -0.3 is 14.5 Å². The fourth-order valence-corrected chi connectivity index (χ4v) is 6.63. The number of anilines is 3. The first-order chi connectivity index (χ1) is 21.3. The van der Waals surface area contributed by atoms with E-state index in [0.29, 0.717) is 0 Å². The van der Waals surface area contributed by atoms with Crippen molar-refractivity contribution in [2.24, 2.45) is 0 Å². The molecule has 3 nitrogen and oxygen atoms in total. The summed E-state index contributed by atoms with van der Waals surface area (Å²) < 4.78 is 2.31. The molecule has 0 unspecified atom stereocenters. The van der Waals surface area contributed by atoms with Crippen molar-refractivity contribution >= 4 is 71.3 Å². The molecule has 0 aliphatic carbocycles. The number of fused-ring (bicyclic) bond motifs is 6. The van der Waals surface area contributed by atoms with E-state index in [1.807, 2.05) is 0 Å². The molecule has 3 heteroatoms. The molecular formula is C40H27N3. The van der Waals surface area contributed by atoms with Crippen LogP contribution in [-0.4, -0.2) is 9.55 Å². The van der Waals surface area contributed by atoms with Crippen LogP contribution in [0.25, 0.3) is 59.9 Å². The molecule has 0 amide bonds. The highest BCUT2D eigenvalue weighted by atomic mass is 15.1. The Morgan fingerprint density at radius 3 is 2.12 bits per heavy atom. The minimum Gasteiger partial charge on any atom is -0.354 e. The van der Waals surface area contributed by atoms with E-state index < -0.39 is 0 Å². The molecule has 0 saturated carbocycles. The molecule has 7 aromatic carbocycles. The Hall–Kier alpha value is -5.80. The van der Waals surface area contributed by atoms with Crippen molar-refractivity contribution in [3.63, 3.8) is 0 Å². The van der Waals surface area contributed by atoms with Gasteiger partial charge in [-0.15, -0.1) is 0 Å². The van der Waals surface area contributed by atoms with Crippen molar-refractivity contribution in [3.8, 4) is 5.69 Å². The Morgan fingerprint density at radius 2 is 1.19 bits per heavy atom. The summed E-state index contributed by atoms with van der Waals surface area (Å²) in [5, 5.41) is 8.61. The van der Waals surface area contributed by atoms with Crippen LogP contribution in [0, 0.1) is 0 Å². The number of nitrogens with one attached hydrogen (secondary N) is 1. The predicted octanol–water partition coefficient (Wildman–Crippen LogP) is 11.0. The number of nitrogens with zero attached hydrogens (tertiary/aromatic N) is 2. The molecule has 0 radical (unpaired) electrons. The van der Waals surface area contributed by atoms with Crippen molar-refractivity contribution in [1.29, 1.82) is 0 Å². The van der Waals surface area contributed by atoms with Crippen LogP contribution in [-0.2, 0) is 0 Å². The van der Waals surface area contributed by atoms with Crippen molar-refractivity contribution in [3.05, 3.63) is 158 Å².